The number of rotatable bonds is 6. The Morgan fingerprint density at radius 3 is 2.72 bits per heavy atom. The van der Waals surface area contributed by atoms with Crippen molar-refractivity contribution in [1.29, 1.82) is 0 Å². The summed E-state index contributed by atoms with van der Waals surface area (Å²) in [6, 6.07) is 10.6. The summed E-state index contributed by atoms with van der Waals surface area (Å²) in [5.74, 6) is 4.62. The summed E-state index contributed by atoms with van der Waals surface area (Å²) in [4.78, 5) is 16.6. The van der Waals surface area contributed by atoms with Gasteiger partial charge in [-0.25, -0.2) is 8.91 Å². The van der Waals surface area contributed by atoms with E-state index in [1.54, 1.807) is 40.6 Å². The Bertz CT molecular complexity index is 1560. The van der Waals surface area contributed by atoms with Crippen molar-refractivity contribution in [2.75, 3.05) is 57.5 Å². The molecule has 2 saturated heterocycles. The van der Waals surface area contributed by atoms with Crippen LogP contribution in [0.2, 0.25) is 0 Å². The molecule has 2 aromatic heterocycles. The molecule has 3 N–H and O–H groups in total. The number of carbonyl (C=O) groups is 1. The number of likely N-dealkylation sites (tertiary alicyclic amines) is 2. The van der Waals surface area contributed by atoms with E-state index in [4.69, 9.17) is 4.74 Å². The number of ether oxygens (including phenoxy) is 1. The van der Waals surface area contributed by atoms with E-state index in [0.717, 1.165) is 31.7 Å². The third kappa shape index (κ3) is 6.82. The van der Waals surface area contributed by atoms with Crippen molar-refractivity contribution in [3.63, 3.8) is 0 Å². The van der Waals surface area contributed by atoms with E-state index in [2.05, 4.69) is 52.1 Å². The Kier molecular flexibility index (Phi) is 8.74. The number of alkyl halides is 2. The number of pyridine rings is 1. The number of amides is 1. The number of carbonyl (C=O) groups excluding carboxylic acids is 1. The number of piperidine rings is 1. The number of benzene rings is 1. The smallest absolute Gasteiger partial charge is 0.281 e. The predicted octanol–water partition coefficient (Wildman–Crippen LogP) is 3.80. The first-order valence-electron chi connectivity index (χ1n) is 13.9. The molecule has 3 fully saturated rings. The molecule has 1 aliphatic carbocycles. The minimum Gasteiger partial charge on any atom is -0.495 e. The number of halogens is 3. The minimum atomic E-state index is -2.47. The Balaban J connectivity index is 0.000000868. The summed E-state index contributed by atoms with van der Waals surface area (Å²) in [6.45, 7) is 4.67. The summed E-state index contributed by atoms with van der Waals surface area (Å²) >= 11 is 2.63. The number of methoxy groups -OCH3 is 1. The van der Waals surface area contributed by atoms with Gasteiger partial charge in [-0.05, 0) is 69.0 Å². The molecule has 2 aliphatic heterocycles. The van der Waals surface area contributed by atoms with Crippen LogP contribution in [-0.4, -0.2) is 94.2 Å². The van der Waals surface area contributed by atoms with Gasteiger partial charge in [-0.1, -0.05) is 12.0 Å². The normalized spacial score (nSPS) is 22.0. The summed E-state index contributed by atoms with van der Waals surface area (Å²) in [5.41, 5.74) is 0.879. The van der Waals surface area contributed by atoms with E-state index in [1.807, 2.05) is 12.1 Å². The van der Waals surface area contributed by atoms with Crippen molar-refractivity contribution in [3.05, 3.63) is 53.5 Å². The Labute approximate surface area is 253 Å². The highest BCUT2D eigenvalue weighted by Gasteiger charge is 2.56. The summed E-state index contributed by atoms with van der Waals surface area (Å²) < 4.78 is 42.6. The SMILES string of the molecule is COc1cc(C(=O)N2CC(C)(O)C2)ccc1NCC#Cc1nn2c(NC34CCN(C)CC3C4)cccc2c1F.FC(F)S. The van der Waals surface area contributed by atoms with Gasteiger partial charge in [-0.2, -0.15) is 13.9 Å². The van der Waals surface area contributed by atoms with Crippen LogP contribution in [0.4, 0.5) is 24.7 Å². The monoisotopic (exact) mass is 616 g/mol. The first-order chi connectivity index (χ1) is 20.4. The van der Waals surface area contributed by atoms with Crippen LogP contribution in [-0.2, 0) is 0 Å². The molecule has 0 bridgehead atoms. The first kappa shape index (κ1) is 30.8. The van der Waals surface area contributed by atoms with Gasteiger partial charge in [0, 0.05) is 24.2 Å². The summed E-state index contributed by atoms with van der Waals surface area (Å²) in [6.07, 6.45) is 2.18. The quantitative estimate of drug-likeness (QED) is 0.247. The number of hydrogen-bond acceptors (Lipinski definition) is 8. The van der Waals surface area contributed by atoms with Gasteiger partial charge >= 0.3 is 0 Å². The topological polar surface area (TPSA) is 94.4 Å². The standard InChI is InChI=1S/C29H33FN6O3.CH2F2S/c1-28(38)17-35(18-28)27(37)19-9-10-21(24(14-19)39-3)31-12-5-6-22-26(30)23-7-4-8-25(36(23)33-22)32-29-11-13-34(2)16-20(29)15-29;2-1(3)4/h4,7-10,14,20,31-32,38H,11-13,15-18H2,1-3H3;1,4H. The molecular weight excluding hydrogens is 581 g/mol. The van der Waals surface area contributed by atoms with Gasteiger partial charge in [0.05, 0.1) is 38.0 Å². The maximum Gasteiger partial charge on any atom is 0.281 e. The molecule has 9 nitrogen and oxygen atoms in total. The van der Waals surface area contributed by atoms with Gasteiger partial charge in [0.1, 0.15) is 17.1 Å². The second-order valence-corrected chi connectivity index (χ2v) is 12.0. The molecule has 1 saturated carbocycles. The number of hydrogen-bond donors (Lipinski definition) is 4. The van der Waals surface area contributed by atoms with Crippen LogP contribution in [0, 0.1) is 23.6 Å². The lowest BCUT2D eigenvalue weighted by Crippen LogP contribution is -2.61. The van der Waals surface area contributed by atoms with E-state index in [-0.39, 0.29) is 23.7 Å². The van der Waals surface area contributed by atoms with Crippen molar-refractivity contribution in [3.8, 4) is 17.6 Å². The third-order valence-electron chi connectivity index (χ3n) is 8.05. The van der Waals surface area contributed by atoms with Gasteiger partial charge in [-0.3, -0.25) is 4.79 Å². The lowest BCUT2D eigenvalue weighted by Gasteiger charge is -2.44. The van der Waals surface area contributed by atoms with Crippen molar-refractivity contribution in [2.45, 2.75) is 36.7 Å². The van der Waals surface area contributed by atoms with Gasteiger partial charge in [0.25, 0.3) is 11.7 Å². The number of nitrogens with zero attached hydrogens (tertiary/aromatic N) is 4. The van der Waals surface area contributed by atoms with E-state index in [0.29, 0.717) is 41.5 Å². The lowest BCUT2D eigenvalue weighted by atomic mass is 9.96. The fourth-order valence-corrected chi connectivity index (χ4v) is 5.81. The minimum absolute atomic E-state index is 0.0763. The zero-order chi connectivity index (χ0) is 30.9. The van der Waals surface area contributed by atoms with Crippen LogP contribution in [0.25, 0.3) is 5.52 Å². The fraction of sp³-hybridized carbons (Fsp3) is 0.467. The van der Waals surface area contributed by atoms with Gasteiger partial charge in [0.2, 0.25) is 0 Å². The van der Waals surface area contributed by atoms with Crippen LogP contribution in [0.3, 0.4) is 0 Å². The van der Waals surface area contributed by atoms with Crippen molar-refractivity contribution < 1.29 is 27.8 Å². The van der Waals surface area contributed by atoms with E-state index in [9.17, 15) is 18.7 Å². The maximum atomic E-state index is 15.2. The number of fused-ring (bicyclic) bond motifs is 2. The average molecular weight is 617 g/mol. The molecule has 2 unspecified atom stereocenters. The highest BCUT2D eigenvalue weighted by Crippen LogP contribution is 2.51. The van der Waals surface area contributed by atoms with Crippen LogP contribution in [0.1, 0.15) is 35.8 Å². The van der Waals surface area contributed by atoms with Gasteiger partial charge in [-0.15, -0.1) is 12.6 Å². The van der Waals surface area contributed by atoms with Crippen LogP contribution in [0.5, 0.6) is 5.75 Å². The second kappa shape index (κ2) is 12.2. The third-order valence-corrected chi connectivity index (χ3v) is 8.05. The molecule has 0 radical (unpaired) electrons. The molecule has 43 heavy (non-hydrogen) atoms. The number of β-amino-alcohol motifs (C(OH)–C–C–N with tert-alkyl or cyclic N) is 1. The molecule has 4 heterocycles. The Morgan fingerprint density at radius 2 is 2.05 bits per heavy atom. The second-order valence-electron chi connectivity index (χ2n) is 11.6. The molecule has 3 aliphatic rings. The number of nitrogens with one attached hydrogen (secondary N) is 2. The highest BCUT2D eigenvalue weighted by molar-refractivity contribution is 7.80. The summed E-state index contributed by atoms with van der Waals surface area (Å²) in [5, 5.41) is 21.2. The molecule has 3 aromatic rings. The maximum absolute atomic E-state index is 15.2. The van der Waals surface area contributed by atoms with Crippen molar-refractivity contribution >= 4 is 35.6 Å². The molecule has 2 atom stereocenters. The number of thiol groups is 1. The van der Waals surface area contributed by atoms with Crippen LogP contribution >= 0.6 is 12.6 Å². The molecule has 1 aromatic carbocycles. The van der Waals surface area contributed by atoms with Crippen LogP contribution < -0.4 is 15.4 Å². The molecule has 230 valence electrons. The van der Waals surface area contributed by atoms with Crippen molar-refractivity contribution in [2.24, 2.45) is 5.92 Å². The number of aliphatic hydroxyl groups is 1. The molecular formula is C30H35F3N6O3S. The molecule has 1 amide bonds. The predicted molar refractivity (Wildman–Crippen MR) is 162 cm³/mol. The number of aromatic nitrogens is 2. The lowest BCUT2D eigenvalue weighted by molar-refractivity contribution is -0.0668. The van der Waals surface area contributed by atoms with E-state index < -0.39 is 17.2 Å². The molecule has 13 heteroatoms. The largest absolute Gasteiger partial charge is 0.495 e. The van der Waals surface area contributed by atoms with Gasteiger partial charge < -0.3 is 30.3 Å². The van der Waals surface area contributed by atoms with E-state index >= 15 is 4.39 Å². The van der Waals surface area contributed by atoms with Crippen molar-refractivity contribution in [1.82, 2.24) is 19.4 Å². The summed E-state index contributed by atoms with van der Waals surface area (Å²) in [7, 11) is 3.68. The number of anilines is 2. The zero-order valence-corrected chi connectivity index (χ0v) is 25.1. The van der Waals surface area contributed by atoms with Gasteiger partial charge in [0.15, 0.2) is 11.5 Å². The van der Waals surface area contributed by atoms with E-state index in [1.165, 1.54) is 7.11 Å². The highest BCUT2D eigenvalue weighted by atomic mass is 32.1. The molecule has 6 rings (SSSR count). The first-order valence-corrected chi connectivity index (χ1v) is 14.5. The fourth-order valence-electron chi connectivity index (χ4n) is 5.81. The average Bonchev–Trinajstić information content (AvgIpc) is 3.55. The molecule has 0 spiro atoms. The Hall–Kier alpha value is -3.60. The Morgan fingerprint density at radius 1 is 1.30 bits per heavy atom. The van der Waals surface area contributed by atoms with Crippen LogP contribution in [0.15, 0.2) is 36.4 Å². The zero-order valence-electron chi connectivity index (χ0n) is 24.2.